The minimum Gasteiger partial charge on any atom is -0.504 e. The minimum atomic E-state index is -0.0982. The molecule has 1 aromatic carbocycles. The highest BCUT2D eigenvalue weighted by Crippen LogP contribution is 2.40. The van der Waals surface area contributed by atoms with Crippen molar-refractivity contribution in [3.8, 4) is 22.8 Å². The molecule has 118 valence electrons. The second-order valence-electron chi connectivity index (χ2n) is 5.40. The number of rotatable bonds is 6. The topological polar surface area (TPSA) is 53.4 Å². The van der Waals surface area contributed by atoms with Crippen LogP contribution in [0.25, 0.3) is 11.3 Å². The van der Waals surface area contributed by atoms with Crippen molar-refractivity contribution in [2.24, 2.45) is 0 Å². The molecule has 1 unspecified atom stereocenters. The van der Waals surface area contributed by atoms with E-state index >= 15 is 0 Å². The second kappa shape index (κ2) is 7.62. The number of aromatic hydroxyl groups is 2. The molecule has 0 saturated carbocycles. The fourth-order valence-electron chi connectivity index (χ4n) is 2.45. The molecule has 1 fully saturated rings. The number of phenolic OH excluding ortho intramolecular Hbond substituents is 2. The maximum absolute atomic E-state index is 9.57. The smallest absolute Gasteiger partial charge is 0.158 e. The second-order valence-corrected chi connectivity index (χ2v) is 9.13. The van der Waals surface area contributed by atoms with Crippen LogP contribution in [0.4, 0.5) is 0 Å². The van der Waals surface area contributed by atoms with Crippen LogP contribution in [0.2, 0.25) is 0 Å². The Labute approximate surface area is 142 Å². The third-order valence-corrected chi connectivity index (χ3v) is 7.63. The summed E-state index contributed by atoms with van der Waals surface area (Å²) in [6.45, 7) is 0. The molecular weight excluding hydrogens is 334 g/mol. The number of hydrogen-bond donors (Lipinski definition) is 2. The van der Waals surface area contributed by atoms with Crippen molar-refractivity contribution in [2.75, 3.05) is 5.75 Å². The van der Waals surface area contributed by atoms with Crippen LogP contribution in [0.1, 0.15) is 30.7 Å². The van der Waals surface area contributed by atoms with Crippen LogP contribution in [0.15, 0.2) is 23.6 Å². The zero-order valence-electron chi connectivity index (χ0n) is 12.2. The van der Waals surface area contributed by atoms with Crippen LogP contribution in [0.3, 0.4) is 0 Å². The number of nitrogens with zero attached hydrogens (tertiary/aromatic N) is 1. The standard InChI is InChI=1S/C16H19NO2S3/c18-14-6-5-11(9-15(14)19)13-10-20-16(17-13)4-2-1-3-12-7-8-21-22-12/h5-6,9-10,12,18-19H,1-4,7-8H2. The van der Waals surface area contributed by atoms with E-state index in [0.29, 0.717) is 0 Å². The molecule has 0 spiro atoms. The Balaban J connectivity index is 1.51. The number of hydrogen-bond acceptors (Lipinski definition) is 6. The lowest BCUT2D eigenvalue weighted by Crippen LogP contribution is -1.97. The molecule has 1 atom stereocenters. The van der Waals surface area contributed by atoms with E-state index in [1.54, 1.807) is 23.5 Å². The molecule has 1 aromatic heterocycles. The molecule has 3 nitrogen and oxygen atoms in total. The number of benzene rings is 1. The van der Waals surface area contributed by atoms with E-state index in [1.165, 1.54) is 37.5 Å². The van der Waals surface area contributed by atoms with Gasteiger partial charge in [0.2, 0.25) is 0 Å². The van der Waals surface area contributed by atoms with Gasteiger partial charge >= 0.3 is 0 Å². The monoisotopic (exact) mass is 353 g/mol. The summed E-state index contributed by atoms with van der Waals surface area (Å²) in [6, 6.07) is 4.84. The lowest BCUT2D eigenvalue weighted by molar-refractivity contribution is 0.404. The van der Waals surface area contributed by atoms with E-state index in [4.69, 9.17) is 0 Å². The Bertz CT molecular complexity index is 624. The molecule has 0 radical (unpaired) electrons. The zero-order valence-corrected chi connectivity index (χ0v) is 14.6. The molecule has 0 amide bonds. The van der Waals surface area contributed by atoms with Gasteiger partial charge in [-0.15, -0.1) is 11.3 Å². The molecule has 1 saturated heterocycles. The molecule has 2 N–H and O–H groups in total. The number of thiazole rings is 1. The van der Waals surface area contributed by atoms with E-state index in [2.05, 4.69) is 15.8 Å². The maximum Gasteiger partial charge on any atom is 0.158 e. The number of aromatic nitrogens is 1. The highest BCUT2D eigenvalue weighted by Gasteiger charge is 2.15. The number of phenols is 2. The molecule has 0 bridgehead atoms. The Morgan fingerprint density at radius 3 is 2.86 bits per heavy atom. The lowest BCUT2D eigenvalue weighted by atomic mass is 10.1. The zero-order chi connectivity index (χ0) is 15.4. The highest BCUT2D eigenvalue weighted by atomic mass is 33.1. The minimum absolute atomic E-state index is 0.0952. The maximum atomic E-state index is 9.57. The summed E-state index contributed by atoms with van der Waals surface area (Å²) in [7, 11) is 4.06. The number of aryl methyl sites for hydroxylation is 1. The summed E-state index contributed by atoms with van der Waals surface area (Å²) in [5, 5.41) is 23.0. The van der Waals surface area contributed by atoms with Gasteiger partial charge in [-0.2, -0.15) is 0 Å². The largest absolute Gasteiger partial charge is 0.504 e. The van der Waals surface area contributed by atoms with E-state index in [0.717, 1.165) is 27.9 Å². The van der Waals surface area contributed by atoms with E-state index < -0.39 is 0 Å². The summed E-state index contributed by atoms with van der Waals surface area (Å²) in [5.74, 6) is 1.12. The molecule has 6 heteroatoms. The first kappa shape index (κ1) is 16.0. The fraction of sp³-hybridized carbons (Fsp3) is 0.438. The molecule has 2 aromatic rings. The van der Waals surface area contributed by atoms with Crippen molar-refractivity contribution in [1.82, 2.24) is 4.98 Å². The van der Waals surface area contributed by atoms with Gasteiger partial charge < -0.3 is 10.2 Å². The average molecular weight is 354 g/mol. The quantitative estimate of drug-likeness (QED) is 0.430. The summed E-state index contributed by atoms with van der Waals surface area (Å²) < 4.78 is 0. The SMILES string of the molecule is Oc1ccc(-c2csc(CCCCC3CCSS3)n2)cc1O. The van der Waals surface area contributed by atoms with Crippen LogP contribution in [0, 0.1) is 0 Å². The third-order valence-electron chi connectivity index (χ3n) is 3.72. The summed E-state index contributed by atoms with van der Waals surface area (Å²) in [6.07, 6.45) is 6.17. The van der Waals surface area contributed by atoms with Gasteiger partial charge in [0.15, 0.2) is 11.5 Å². The predicted molar refractivity (Wildman–Crippen MR) is 96.9 cm³/mol. The van der Waals surface area contributed by atoms with Crippen molar-refractivity contribution in [3.63, 3.8) is 0 Å². The Morgan fingerprint density at radius 2 is 2.09 bits per heavy atom. The average Bonchev–Trinajstić information content (AvgIpc) is 3.18. The van der Waals surface area contributed by atoms with Crippen LogP contribution >= 0.6 is 32.9 Å². The number of unbranched alkanes of at least 4 members (excludes halogenated alkanes) is 1. The summed E-state index contributed by atoms with van der Waals surface area (Å²) in [4.78, 5) is 4.64. The summed E-state index contributed by atoms with van der Waals surface area (Å²) in [5.41, 5.74) is 1.72. The first-order valence-corrected chi connectivity index (χ1v) is 10.7. The summed E-state index contributed by atoms with van der Waals surface area (Å²) >= 11 is 1.67. The predicted octanol–water partition coefficient (Wildman–Crippen LogP) is 5.09. The molecule has 1 aliphatic heterocycles. The Hall–Kier alpha value is -0.850. The van der Waals surface area contributed by atoms with Crippen molar-refractivity contribution in [2.45, 2.75) is 37.4 Å². The van der Waals surface area contributed by atoms with Gasteiger partial charge in [-0.3, -0.25) is 0 Å². The van der Waals surface area contributed by atoms with Crippen molar-refractivity contribution < 1.29 is 10.2 Å². The van der Waals surface area contributed by atoms with Crippen molar-refractivity contribution >= 4 is 32.9 Å². The molecule has 2 heterocycles. The first-order valence-electron chi connectivity index (χ1n) is 7.47. The van der Waals surface area contributed by atoms with Gasteiger partial charge in [0, 0.05) is 21.9 Å². The van der Waals surface area contributed by atoms with Crippen LogP contribution in [-0.2, 0) is 6.42 Å². The van der Waals surface area contributed by atoms with Gasteiger partial charge in [0.05, 0.1) is 10.7 Å². The molecule has 22 heavy (non-hydrogen) atoms. The van der Waals surface area contributed by atoms with Crippen molar-refractivity contribution in [1.29, 1.82) is 0 Å². The Morgan fingerprint density at radius 1 is 1.18 bits per heavy atom. The normalized spacial score (nSPS) is 17.9. The van der Waals surface area contributed by atoms with Crippen LogP contribution < -0.4 is 0 Å². The van der Waals surface area contributed by atoms with E-state index in [1.807, 2.05) is 16.2 Å². The third kappa shape index (κ3) is 4.12. The van der Waals surface area contributed by atoms with Gasteiger partial charge in [-0.05, 0) is 43.9 Å². The van der Waals surface area contributed by atoms with E-state index in [9.17, 15) is 10.2 Å². The van der Waals surface area contributed by atoms with Crippen molar-refractivity contribution in [3.05, 3.63) is 28.6 Å². The van der Waals surface area contributed by atoms with Gasteiger partial charge in [-0.1, -0.05) is 28.0 Å². The molecule has 0 aliphatic carbocycles. The van der Waals surface area contributed by atoms with Crippen LogP contribution in [0.5, 0.6) is 11.5 Å². The lowest BCUT2D eigenvalue weighted by Gasteiger charge is -2.05. The van der Waals surface area contributed by atoms with Gasteiger partial charge in [0.25, 0.3) is 0 Å². The van der Waals surface area contributed by atoms with Gasteiger partial charge in [0.1, 0.15) is 0 Å². The molecule has 1 aliphatic rings. The first-order chi connectivity index (χ1) is 10.7. The van der Waals surface area contributed by atoms with Gasteiger partial charge in [-0.25, -0.2) is 4.98 Å². The fourth-order valence-corrected chi connectivity index (χ4v) is 6.33. The molecular formula is C16H19NO2S3. The Kier molecular flexibility index (Phi) is 5.55. The van der Waals surface area contributed by atoms with E-state index in [-0.39, 0.29) is 11.5 Å². The molecule has 3 rings (SSSR count). The van der Waals surface area contributed by atoms with Crippen LogP contribution in [-0.4, -0.2) is 26.2 Å². The highest BCUT2D eigenvalue weighted by molar-refractivity contribution is 8.77.